The zero-order valence-electron chi connectivity index (χ0n) is 12.2. The number of hydrogen-bond donors (Lipinski definition) is 2. The molecule has 3 nitrogen and oxygen atoms in total. The Kier molecular flexibility index (Phi) is 5.28. The summed E-state index contributed by atoms with van der Waals surface area (Å²) in [6, 6.07) is 13.1. The van der Waals surface area contributed by atoms with E-state index < -0.39 is 0 Å². The fourth-order valence-electron chi connectivity index (χ4n) is 2.10. The summed E-state index contributed by atoms with van der Waals surface area (Å²) < 4.78 is 0. The standard InChI is InChI=1S/C17H19NO2S/c1-3-13-8-6-7-12(2)17(13)18-16(20)11-21-15-10-5-4-9-14(15)19/h4-10,19H,3,11H2,1-2H3,(H,18,20). The molecule has 0 aliphatic heterocycles. The van der Waals surface area contributed by atoms with E-state index in [0.717, 1.165) is 23.2 Å². The Morgan fingerprint density at radius 1 is 1.19 bits per heavy atom. The zero-order chi connectivity index (χ0) is 15.2. The first-order chi connectivity index (χ1) is 10.1. The molecule has 2 N–H and O–H groups in total. The summed E-state index contributed by atoms with van der Waals surface area (Å²) in [6.07, 6.45) is 0.879. The Bertz CT molecular complexity index is 640. The lowest BCUT2D eigenvalue weighted by molar-refractivity contribution is -0.113. The molecule has 110 valence electrons. The van der Waals surface area contributed by atoms with E-state index in [4.69, 9.17) is 0 Å². The first-order valence-electron chi connectivity index (χ1n) is 6.91. The van der Waals surface area contributed by atoms with Crippen LogP contribution in [0.3, 0.4) is 0 Å². The topological polar surface area (TPSA) is 49.3 Å². The smallest absolute Gasteiger partial charge is 0.234 e. The third-order valence-electron chi connectivity index (χ3n) is 3.23. The minimum atomic E-state index is -0.0627. The van der Waals surface area contributed by atoms with Gasteiger partial charge in [-0.3, -0.25) is 4.79 Å². The summed E-state index contributed by atoms with van der Waals surface area (Å²) >= 11 is 1.33. The van der Waals surface area contributed by atoms with Crippen LogP contribution in [0.1, 0.15) is 18.1 Å². The van der Waals surface area contributed by atoms with Crippen molar-refractivity contribution in [2.75, 3.05) is 11.1 Å². The minimum absolute atomic E-state index is 0.0627. The Hall–Kier alpha value is -1.94. The van der Waals surface area contributed by atoms with Crippen molar-refractivity contribution in [2.45, 2.75) is 25.2 Å². The van der Waals surface area contributed by atoms with Crippen LogP contribution in [0.4, 0.5) is 5.69 Å². The largest absolute Gasteiger partial charge is 0.507 e. The van der Waals surface area contributed by atoms with Crippen molar-refractivity contribution in [3.63, 3.8) is 0 Å². The monoisotopic (exact) mass is 301 g/mol. The Labute approximate surface area is 129 Å². The lowest BCUT2D eigenvalue weighted by Crippen LogP contribution is -2.16. The summed E-state index contributed by atoms with van der Waals surface area (Å²) in [6.45, 7) is 4.06. The molecule has 0 saturated heterocycles. The molecule has 0 atom stereocenters. The molecule has 0 aliphatic carbocycles. The van der Waals surface area contributed by atoms with Gasteiger partial charge in [-0.25, -0.2) is 0 Å². The quantitative estimate of drug-likeness (QED) is 0.821. The maximum atomic E-state index is 12.1. The number of amides is 1. The van der Waals surface area contributed by atoms with E-state index in [-0.39, 0.29) is 17.4 Å². The van der Waals surface area contributed by atoms with Crippen LogP contribution >= 0.6 is 11.8 Å². The van der Waals surface area contributed by atoms with E-state index in [1.165, 1.54) is 11.8 Å². The summed E-state index contributed by atoms with van der Waals surface area (Å²) in [4.78, 5) is 12.8. The number of para-hydroxylation sites is 2. The molecule has 0 aliphatic rings. The lowest BCUT2D eigenvalue weighted by atomic mass is 10.1. The van der Waals surface area contributed by atoms with Crippen LogP contribution in [-0.2, 0) is 11.2 Å². The summed E-state index contributed by atoms with van der Waals surface area (Å²) in [7, 11) is 0. The third kappa shape index (κ3) is 4.02. The van der Waals surface area contributed by atoms with Gasteiger partial charge < -0.3 is 10.4 Å². The van der Waals surface area contributed by atoms with Crippen LogP contribution in [0.5, 0.6) is 5.75 Å². The number of carbonyl (C=O) groups is 1. The maximum absolute atomic E-state index is 12.1. The molecular weight excluding hydrogens is 282 g/mol. The van der Waals surface area contributed by atoms with Gasteiger partial charge in [0.25, 0.3) is 0 Å². The number of rotatable bonds is 5. The molecule has 21 heavy (non-hydrogen) atoms. The van der Waals surface area contributed by atoms with Crippen LogP contribution in [0, 0.1) is 6.92 Å². The van der Waals surface area contributed by atoms with Gasteiger partial charge in [-0.2, -0.15) is 0 Å². The van der Waals surface area contributed by atoms with Crippen LogP contribution in [0.25, 0.3) is 0 Å². The Morgan fingerprint density at radius 3 is 2.67 bits per heavy atom. The number of anilines is 1. The van der Waals surface area contributed by atoms with Gasteiger partial charge in [0, 0.05) is 10.6 Å². The molecule has 0 radical (unpaired) electrons. The number of phenols is 1. The first-order valence-corrected chi connectivity index (χ1v) is 7.89. The number of hydrogen-bond acceptors (Lipinski definition) is 3. The zero-order valence-corrected chi connectivity index (χ0v) is 13.0. The molecule has 0 aromatic heterocycles. The van der Waals surface area contributed by atoms with Crippen LogP contribution in [0.15, 0.2) is 47.4 Å². The minimum Gasteiger partial charge on any atom is -0.507 e. The fraction of sp³-hybridized carbons (Fsp3) is 0.235. The van der Waals surface area contributed by atoms with Crippen molar-refractivity contribution in [1.29, 1.82) is 0 Å². The molecule has 1 amide bonds. The van der Waals surface area contributed by atoms with Crippen molar-refractivity contribution in [3.05, 3.63) is 53.6 Å². The van der Waals surface area contributed by atoms with Gasteiger partial charge in [0.1, 0.15) is 5.75 Å². The molecule has 0 spiro atoms. The first kappa shape index (κ1) is 15.4. The van der Waals surface area contributed by atoms with Gasteiger partial charge in [-0.15, -0.1) is 11.8 Å². The highest BCUT2D eigenvalue weighted by molar-refractivity contribution is 8.00. The van der Waals surface area contributed by atoms with Gasteiger partial charge >= 0.3 is 0 Å². The van der Waals surface area contributed by atoms with Crippen molar-refractivity contribution in [1.82, 2.24) is 0 Å². The predicted octanol–water partition coefficient (Wildman–Crippen LogP) is 3.99. The highest BCUT2D eigenvalue weighted by Crippen LogP contribution is 2.28. The number of aryl methyl sites for hydroxylation is 2. The summed E-state index contributed by atoms with van der Waals surface area (Å²) in [5.41, 5.74) is 3.11. The van der Waals surface area contributed by atoms with Crippen molar-refractivity contribution in [3.8, 4) is 5.75 Å². The predicted molar refractivity (Wildman–Crippen MR) is 88.0 cm³/mol. The Morgan fingerprint density at radius 2 is 1.95 bits per heavy atom. The van der Waals surface area contributed by atoms with Gasteiger partial charge in [-0.05, 0) is 36.6 Å². The van der Waals surface area contributed by atoms with Crippen LogP contribution < -0.4 is 5.32 Å². The molecule has 0 saturated carbocycles. The van der Waals surface area contributed by atoms with Crippen molar-refractivity contribution in [2.24, 2.45) is 0 Å². The van der Waals surface area contributed by atoms with Gasteiger partial charge in [-0.1, -0.05) is 37.3 Å². The highest BCUT2D eigenvalue weighted by atomic mass is 32.2. The molecule has 2 aromatic carbocycles. The van der Waals surface area contributed by atoms with E-state index in [9.17, 15) is 9.90 Å². The highest BCUT2D eigenvalue weighted by Gasteiger charge is 2.10. The van der Waals surface area contributed by atoms with Crippen LogP contribution in [0.2, 0.25) is 0 Å². The summed E-state index contributed by atoms with van der Waals surface area (Å²) in [5.74, 6) is 0.419. The maximum Gasteiger partial charge on any atom is 0.234 e. The van der Waals surface area contributed by atoms with E-state index in [2.05, 4.69) is 12.2 Å². The second kappa shape index (κ2) is 7.18. The molecule has 2 aromatic rings. The number of phenolic OH excluding ortho intramolecular Hbond substituents is 1. The number of benzene rings is 2. The normalized spacial score (nSPS) is 10.4. The number of nitrogens with one attached hydrogen (secondary N) is 1. The lowest BCUT2D eigenvalue weighted by Gasteiger charge is -2.13. The van der Waals surface area contributed by atoms with E-state index in [1.807, 2.05) is 31.2 Å². The van der Waals surface area contributed by atoms with Crippen LogP contribution in [-0.4, -0.2) is 16.8 Å². The number of thioether (sulfide) groups is 1. The molecule has 2 rings (SSSR count). The molecule has 0 bridgehead atoms. The Balaban J connectivity index is 2.01. The van der Waals surface area contributed by atoms with Gasteiger partial charge in [0.05, 0.1) is 5.75 Å². The molecule has 0 fully saturated rings. The molecular formula is C17H19NO2S. The average Bonchev–Trinajstić information content (AvgIpc) is 2.48. The van der Waals surface area contributed by atoms with E-state index >= 15 is 0 Å². The SMILES string of the molecule is CCc1cccc(C)c1NC(=O)CSc1ccccc1O. The van der Waals surface area contributed by atoms with Crippen molar-refractivity contribution >= 4 is 23.4 Å². The van der Waals surface area contributed by atoms with E-state index in [1.54, 1.807) is 18.2 Å². The molecule has 0 heterocycles. The fourth-order valence-corrected chi connectivity index (χ4v) is 2.85. The number of carbonyl (C=O) groups excluding carboxylic acids is 1. The average molecular weight is 301 g/mol. The molecule has 0 unspecified atom stereocenters. The van der Waals surface area contributed by atoms with E-state index in [0.29, 0.717) is 4.90 Å². The number of aromatic hydroxyl groups is 1. The molecule has 4 heteroatoms. The van der Waals surface area contributed by atoms with Gasteiger partial charge in [0.2, 0.25) is 5.91 Å². The van der Waals surface area contributed by atoms with Crippen molar-refractivity contribution < 1.29 is 9.90 Å². The second-order valence-electron chi connectivity index (χ2n) is 4.77. The second-order valence-corrected chi connectivity index (χ2v) is 5.78. The van der Waals surface area contributed by atoms with Gasteiger partial charge in [0.15, 0.2) is 0 Å². The third-order valence-corrected chi connectivity index (χ3v) is 4.29. The summed E-state index contributed by atoms with van der Waals surface area (Å²) in [5, 5.41) is 12.7.